The van der Waals surface area contributed by atoms with Gasteiger partial charge in [0.05, 0.1) is 12.7 Å². The van der Waals surface area contributed by atoms with Crippen molar-refractivity contribution < 1.29 is 37.1 Å². The smallest absolute Gasteiger partial charge is 0.279 e. The third kappa shape index (κ3) is 4.52. The third-order valence-electron chi connectivity index (χ3n) is 3.89. The fourth-order valence-corrected chi connectivity index (χ4v) is 2.61. The number of likely N-dealkylation sites (N-methyl/N-ethyl adjacent to an activating group) is 1. The van der Waals surface area contributed by atoms with E-state index in [2.05, 4.69) is 10.6 Å². The summed E-state index contributed by atoms with van der Waals surface area (Å²) in [4.78, 5) is 24.6. The molecule has 1 aliphatic rings. The average molecular weight is 396 g/mol. The minimum Gasteiger partial charge on any atom is -0.454 e. The van der Waals surface area contributed by atoms with Gasteiger partial charge in [-0.15, -0.1) is 0 Å². The highest BCUT2D eigenvalue weighted by Crippen LogP contribution is 2.34. The van der Waals surface area contributed by atoms with Crippen LogP contribution in [0.5, 0.6) is 11.5 Å². The van der Waals surface area contributed by atoms with Crippen LogP contribution in [-0.2, 0) is 9.59 Å². The lowest BCUT2D eigenvalue weighted by molar-refractivity contribution is -0.862. The zero-order valence-corrected chi connectivity index (χ0v) is 14.8. The lowest BCUT2D eigenvalue weighted by Crippen LogP contribution is -3.11. The monoisotopic (exact) mass is 396 g/mol. The number of carbonyl (C=O) groups is 2. The minimum atomic E-state index is -1.67. The predicted molar refractivity (Wildman–Crippen MR) is 92.8 cm³/mol. The van der Waals surface area contributed by atoms with Crippen LogP contribution in [0.3, 0.4) is 0 Å². The van der Waals surface area contributed by atoms with Gasteiger partial charge in [0, 0.05) is 11.8 Å². The Hall–Kier alpha value is -3.27. The highest BCUT2D eigenvalue weighted by Gasteiger charge is 2.19. The second-order valence-corrected chi connectivity index (χ2v) is 6.20. The fraction of sp³-hybridized carbons (Fsp3) is 0.222. The number of hydrogen-bond donors (Lipinski definition) is 3. The van der Waals surface area contributed by atoms with Crippen LogP contribution in [0.1, 0.15) is 0 Å². The van der Waals surface area contributed by atoms with E-state index >= 15 is 0 Å². The van der Waals surface area contributed by atoms with Gasteiger partial charge in [0.1, 0.15) is 0 Å². The van der Waals surface area contributed by atoms with Crippen LogP contribution in [0.25, 0.3) is 0 Å². The van der Waals surface area contributed by atoms with Gasteiger partial charge in [-0.2, -0.15) is 0 Å². The normalized spacial score (nSPS) is 13.1. The number of fused-ring (bicyclic) bond motifs is 1. The summed E-state index contributed by atoms with van der Waals surface area (Å²) in [7, 11) is 1.58. The maximum atomic E-state index is 13.6. The first-order chi connectivity index (χ1) is 13.3. The van der Waals surface area contributed by atoms with E-state index in [4.69, 9.17) is 9.47 Å². The van der Waals surface area contributed by atoms with E-state index in [9.17, 15) is 22.8 Å². The average Bonchev–Trinajstić information content (AvgIpc) is 3.09. The molecule has 0 aromatic heterocycles. The number of quaternary nitrogens is 1. The second-order valence-electron chi connectivity index (χ2n) is 6.20. The Morgan fingerprint density at radius 3 is 2.39 bits per heavy atom. The molecule has 3 N–H and O–H groups in total. The molecular weight excluding hydrogens is 379 g/mol. The van der Waals surface area contributed by atoms with Gasteiger partial charge in [0.25, 0.3) is 11.8 Å². The summed E-state index contributed by atoms with van der Waals surface area (Å²) in [5.41, 5.74) is 0.0388. The number of halogens is 3. The number of benzene rings is 2. The standard InChI is InChI=1S/C18H16F3N3O4/c1-24(8-16(26)23-12-4-3-11(19)17(20)18(12)21)7-15(25)22-10-2-5-13-14(6-10)28-9-27-13/h2-6H,7-9H2,1H3,(H,22,25)(H,23,26)/p+1. The first kappa shape index (κ1) is 19.5. The highest BCUT2D eigenvalue weighted by atomic mass is 19.2. The van der Waals surface area contributed by atoms with Gasteiger partial charge in [-0.3, -0.25) is 9.59 Å². The second kappa shape index (κ2) is 8.17. The van der Waals surface area contributed by atoms with Gasteiger partial charge in [0.15, 0.2) is 42.0 Å². The molecule has 7 nitrogen and oxygen atoms in total. The Morgan fingerprint density at radius 2 is 1.64 bits per heavy atom. The molecule has 1 atom stereocenters. The first-order valence-electron chi connectivity index (χ1n) is 8.27. The highest BCUT2D eigenvalue weighted by molar-refractivity contribution is 5.93. The molecule has 148 valence electrons. The van der Waals surface area contributed by atoms with Crippen molar-refractivity contribution in [2.45, 2.75) is 0 Å². The van der Waals surface area contributed by atoms with Crippen molar-refractivity contribution in [1.82, 2.24) is 0 Å². The number of amides is 2. The van der Waals surface area contributed by atoms with Crippen molar-refractivity contribution in [1.29, 1.82) is 0 Å². The summed E-state index contributed by atoms with van der Waals surface area (Å²) in [6, 6.07) is 6.57. The molecule has 28 heavy (non-hydrogen) atoms. The lowest BCUT2D eigenvalue weighted by atomic mass is 10.2. The Bertz CT molecular complexity index is 923. The van der Waals surface area contributed by atoms with Crippen LogP contribution >= 0.6 is 0 Å². The Balaban J connectivity index is 1.50. The summed E-state index contributed by atoms with van der Waals surface area (Å²) >= 11 is 0. The molecule has 0 spiro atoms. The number of anilines is 2. The van der Waals surface area contributed by atoms with Gasteiger partial charge in [-0.1, -0.05) is 0 Å². The van der Waals surface area contributed by atoms with E-state index in [0.29, 0.717) is 28.2 Å². The maximum Gasteiger partial charge on any atom is 0.279 e. The van der Waals surface area contributed by atoms with E-state index < -0.39 is 29.0 Å². The molecule has 10 heteroatoms. The van der Waals surface area contributed by atoms with Crippen LogP contribution in [0.2, 0.25) is 0 Å². The van der Waals surface area contributed by atoms with Gasteiger partial charge in [0.2, 0.25) is 6.79 Å². The molecule has 0 saturated heterocycles. The summed E-state index contributed by atoms with van der Waals surface area (Å²) in [5, 5.41) is 4.83. The van der Waals surface area contributed by atoms with Crippen molar-refractivity contribution in [2.75, 3.05) is 37.6 Å². The molecule has 0 aliphatic carbocycles. The number of rotatable bonds is 6. The molecule has 0 fully saturated rings. The van der Waals surface area contributed by atoms with Gasteiger partial charge >= 0.3 is 0 Å². The van der Waals surface area contributed by atoms with E-state index in [0.717, 1.165) is 6.07 Å². The molecule has 0 saturated carbocycles. The molecule has 0 bridgehead atoms. The topological polar surface area (TPSA) is 81.1 Å². The van der Waals surface area contributed by atoms with Crippen molar-refractivity contribution in [3.8, 4) is 11.5 Å². The Kier molecular flexibility index (Phi) is 5.69. The van der Waals surface area contributed by atoms with Crippen molar-refractivity contribution >= 4 is 23.2 Å². The molecular formula is C18H17F3N3O4+. The predicted octanol–water partition coefficient (Wildman–Crippen LogP) is 0.924. The van der Waals surface area contributed by atoms with Crippen LogP contribution in [-0.4, -0.2) is 38.7 Å². The quantitative estimate of drug-likeness (QED) is 0.635. The number of nitrogens with one attached hydrogen (secondary N) is 3. The molecule has 1 aliphatic heterocycles. The van der Waals surface area contributed by atoms with Gasteiger partial charge < -0.3 is 25.0 Å². The van der Waals surface area contributed by atoms with E-state index in [1.165, 1.54) is 0 Å². The molecule has 0 radical (unpaired) electrons. The molecule has 2 aromatic rings. The summed E-state index contributed by atoms with van der Waals surface area (Å²) in [5.74, 6) is -4.40. The summed E-state index contributed by atoms with van der Waals surface area (Å²) < 4.78 is 50.1. The zero-order valence-electron chi connectivity index (χ0n) is 14.8. The number of carbonyl (C=O) groups excluding carboxylic acids is 2. The van der Waals surface area contributed by atoms with Gasteiger partial charge in [-0.05, 0) is 24.3 Å². The summed E-state index contributed by atoms with van der Waals surface area (Å²) in [6.45, 7) is -0.123. The maximum absolute atomic E-state index is 13.6. The van der Waals surface area contributed by atoms with Crippen molar-refractivity contribution in [3.05, 3.63) is 47.8 Å². The van der Waals surface area contributed by atoms with Crippen LogP contribution in [0.15, 0.2) is 30.3 Å². The van der Waals surface area contributed by atoms with Gasteiger partial charge in [-0.25, -0.2) is 13.2 Å². The van der Waals surface area contributed by atoms with Crippen molar-refractivity contribution in [3.63, 3.8) is 0 Å². The summed E-state index contributed by atoms with van der Waals surface area (Å²) in [6.07, 6.45) is 0. The Labute approximate surface area is 158 Å². The Morgan fingerprint density at radius 1 is 0.964 bits per heavy atom. The first-order valence-corrected chi connectivity index (χ1v) is 8.27. The van der Waals surface area contributed by atoms with E-state index in [-0.39, 0.29) is 25.8 Å². The largest absolute Gasteiger partial charge is 0.454 e. The van der Waals surface area contributed by atoms with E-state index in [1.807, 2.05) is 0 Å². The van der Waals surface area contributed by atoms with Crippen molar-refractivity contribution in [2.24, 2.45) is 0 Å². The molecule has 2 amide bonds. The molecule has 1 unspecified atom stereocenters. The third-order valence-corrected chi connectivity index (χ3v) is 3.89. The van der Waals surface area contributed by atoms with Crippen LogP contribution < -0.4 is 25.0 Å². The molecule has 1 heterocycles. The number of hydrogen-bond acceptors (Lipinski definition) is 4. The zero-order chi connectivity index (χ0) is 20.3. The lowest BCUT2D eigenvalue weighted by Gasteiger charge is -2.14. The number of ether oxygens (including phenoxy) is 2. The van der Waals surface area contributed by atoms with Crippen LogP contribution in [0.4, 0.5) is 24.5 Å². The van der Waals surface area contributed by atoms with E-state index in [1.54, 1.807) is 25.2 Å². The van der Waals surface area contributed by atoms with Crippen LogP contribution in [0, 0.1) is 17.5 Å². The molecule has 2 aromatic carbocycles. The minimum absolute atomic E-state index is 0.0534. The SMILES string of the molecule is C[NH+](CC(=O)Nc1ccc2c(c1)OCO2)CC(=O)Nc1ccc(F)c(F)c1F. The fourth-order valence-electron chi connectivity index (χ4n) is 2.61. The molecule has 3 rings (SSSR count).